The van der Waals surface area contributed by atoms with Crippen LogP contribution in [0.4, 0.5) is 5.69 Å². The normalized spacial score (nSPS) is 14.9. The highest BCUT2D eigenvalue weighted by Crippen LogP contribution is 2.39. The van der Waals surface area contributed by atoms with Gasteiger partial charge in [0.2, 0.25) is 11.1 Å². The standard InChI is InChI=1S/C24H21N5O3S/c1-31-19-13-11-18(12-14-19)29-24(25-26-27-29)33-16-23(30)28-20-9-5-6-10-22(20)32-15-21(28)17-7-3-2-4-8-17/h2-14,21H,15-16H2,1H3/t21-/m0/s1. The van der Waals surface area contributed by atoms with Gasteiger partial charge < -0.3 is 9.47 Å². The number of carbonyl (C=O) groups excluding carboxylic acids is 1. The van der Waals surface area contributed by atoms with Gasteiger partial charge in [-0.1, -0.05) is 54.2 Å². The van der Waals surface area contributed by atoms with Crippen LogP contribution < -0.4 is 14.4 Å². The molecule has 3 aromatic carbocycles. The van der Waals surface area contributed by atoms with Gasteiger partial charge in [0.25, 0.3) is 0 Å². The van der Waals surface area contributed by atoms with Crippen LogP contribution in [0.2, 0.25) is 0 Å². The number of benzene rings is 3. The Morgan fingerprint density at radius 2 is 1.82 bits per heavy atom. The quantitative estimate of drug-likeness (QED) is 0.404. The van der Waals surface area contributed by atoms with E-state index >= 15 is 0 Å². The predicted octanol–water partition coefficient (Wildman–Crippen LogP) is 3.93. The van der Waals surface area contributed by atoms with Crippen molar-refractivity contribution in [3.8, 4) is 17.2 Å². The first-order valence-electron chi connectivity index (χ1n) is 10.4. The maximum atomic E-state index is 13.5. The number of thioether (sulfide) groups is 1. The monoisotopic (exact) mass is 459 g/mol. The fourth-order valence-corrected chi connectivity index (χ4v) is 4.52. The Hall–Kier alpha value is -3.85. The van der Waals surface area contributed by atoms with Crippen LogP contribution in [0.3, 0.4) is 0 Å². The van der Waals surface area contributed by atoms with Crippen molar-refractivity contribution in [1.82, 2.24) is 20.2 Å². The summed E-state index contributed by atoms with van der Waals surface area (Å²) in [5, 5.41) is 12.5. The number of fused-ring (bicyclic) bond motifs is 1. The third-order valence-electron chi connectivity index (χ3n) is 5.37. The van der Waals surface area contributed by atoms with Crippen LogP contribution in [0, 0.1) is 0 Å². The number of para-hydroxylation sites is 2. The van der Waals surface area contributed by atoms with Gasteiger partial charge in [-0.2, -0.15) is 4.68 Å². The first-order valence-corrected chi connectivity index (χ1v) is 11.4. The summed E-state index contributed by atoms with van der Waals surface area (Å²) in [7, 11) is 1.62. The van der Waals surface area contributed by atoms with E-state index in [1.54, 1.807) is 11.8 Å². The van der Waals surface area contributed by atoms with E-state index < -0.39 is 0 Å². The van der Waals surface area contributed by atoms with E-state index in [1.165, 1.54) is 11.8 Å². The minimum atomic E-state index is -0.216. The molecule has 33 heavy (non-hydrogen) atoms. The summed E-state index contributed by atoms with van der Waals surface area (Å²) in [6.07, 6.45) is 0. The molecule has 0 fully saturated rings. The van der Waals surface area contributed by atoms with Gasteiger partial charge in [-0.15, -0.1) is 5.10 Å². The van der Waals surface area contributed by atoms with Crippen LogP contribution in [-0.4, -0.2) is 45.6 Å². The van der Waals surface area contributed by atoms with Crippen LogP contribution in [0.15, 0.2) is 84.0 Å². The van der Waals surface area contributed by atoms with Crippen LogP contribution in [0.25, 0.3) is 5.69 Å². The zero-order valence-electron chi connectivity index (χ0n) is 17.9. The molecule has 4 aromatic rings. The molecule has 0 unspecified atom stereocenters. The molecule has 5 rings (SSSR count). The number of methoxy groups -OCH3 is 1. The average Bonchev–Trinajstić information content (AvgIpc) is 3.36. The number of anilines is 1. The van der Waals surface area contributed by atoms with Gasteiger partial charge in [-0.05, 0) is 52.4 Å². The Labute approximate surface area is 195 Å². The van der Waals surface area contributed by atoms with Gasteiger partial charge in [0.1, 0.15) is 18.1 Å². The van der Waals surface area contributed by atoms with Crippen molar-refractivity contribution in [2.45, 2.75) is 11.2 Å². The van der Waals surface area contributed by atoms with E-state index in [-0.39, 0.29) is 17.7 Å². The highest BCUT2D eigenvalue weighted by molar-refractivity contribution is 7.99. The smallest absolute Gasteiger partial charge is 0.238 e. The molecule has 8 nitrogen and oxygen atoms in total. The van der Waals surface area contributed by atoms with Crippen molar-refractivity contribution < 1.29 is 14.3 Å². The number of rotatable bonds is 6. The maximum Gasteiger partial charge on any atom is 0.238 e. The third kappa shape index (κ3) is 4.27. The number of aromatic nitrogens is 4. The summed E-state index contributed by atoms with van der Waals surface area (Å²) >= 11 is 1.30. The van der Waals surface area contributed by atoms with Crippen molar-refractivity contribution >= 4 is 23.4 Å². The molecule has 166 valence electrons. The van der Waals surface area contributed by atoms with Crippen molar-refractivity contribution in [2.24, 2.45) is 0 Å². The molecular weight excluding hydrogens is 438 g/mol. The van der Waals surface area contributed by atoms with E-state index in [4.69, 9.17) is 9.47 Å². The number of hydrogen-bond donors (Lipinski definition) is 0. The van der Waals surface area contributed by atoms with E-state index in [0.29, 0.717) is 17.5 Å². The SMILES string of the molecule is COc1ccc(-n2nnnc2SCC(=O)N2c3ccccc3OC[C@H]2c2ccccc2)cc1. The Kier molecular flexibility index (Phi) is 5.95. The van der Waals surface area contributed by atoms with Gasteiger partial charge in [-0.25, -0.2) is 0 Å². The molecule has 0 saturated carbocycles. The van der Waals surface area contributed by atoms with Crippen molar-refractivity contribution in [2.75, 3.05) is 24.4 Å². The minimum absolute atomic E-state index is 0.0473. The molecule has 0 bridgehead atoms. The lowest BCUT2D eigenvalue weighted by molar-refractivity contribution is -0.117. The number of ether oxygens (including phenoxy) is 2. The summed E-state index contributed by atoms with van der Waals surface area (Å²) in [6.45, 7) is 0.390. The fourth-order valence-electron chi connectivity index (χ4n) is 3.77. The molecule has 0 aliphatic carbocycles. The molecule has 0 radical (unpaired) electrons. The second kappa shape index (κ2) is 9.33. The number of tetrazole rings is 1. The molecule has 1 aliphatic heterocycles. The lowest BCUT2D eigenvalue weighted by Gasteiger charge is -2.37. The van der Waals surface area contributed by atoms with Gasteiger partial charge in [0.15, 0.2) is 0 Å². The zero-order chi connectivity index (χ0) is 22.6. The Morgan fingerprint density at radius 1 is 1.06 bits per heavy atom. The molecular formula is C24H21N5O3S. The Balaban J connectivity index is 1.39. The van der Waals surface area contributed by atoms with Gasteiger partial charge in [0, 0.05) is 0 Å². The summed E-state index contributed by atoms with van der Waals surface area (Å²) in [6, 6.07) is 24.7. The topological polar surface area (TPSA) is 82.4 Å². The first kappa shape index (κ1) is 21.0. The average molecular weight is 460 g/mol. The van der Waals surface area contributed by atoms with Crippen LogP contribution in [0.1, 0.15) is 11.6 Å². The summed E-state index contributed by atoms with van der Waals surface area (Å²) in [4.78, 5) is 15.3. The van der Waals surface area contributed by atoms with Crippen LogP contribution >= 0.6 is 11.8 Å². The number of carbonyl (C=O) groups is 1. The summed E-state index contributed by atoms with van der Waals surface area (Å²) in [5.41, 5.74) is 2.57. The molecule has 0 spiro atoms. The van der Waals surface area contributed by atoms with Gasteiger partial charge in [-0.3, -0.25) is 9.69 Å². The second-order valence-electron chi connectivity index (χ2n) is 7.33. The Morgan fingerprint density at radius 3 is 2.61 bits per heavy atom. The fraction of sp³-hybridized carbons (Fsp3) is 0.167. The lowest BCUT2D eigenvalue weighted by Crippen LogP contribution is -2.42. The van der Waals surface area contributed by atoms with Crippen LogP contribution in [-0.2, 0) is 4.79 Å². The summed E-state index contributed by atoms with van der Waals surface area (Å²) < 4.78 is 12.8. The zero-order valence-corrected chi connectivity index (χ0v) is 18.7. The highest BCUT2D eigenvalue weighted by Gasteiger charge is 2.33. The lowest BCUT2D eigenvalue weighted by atomic mass is 10.0. The Bertz CT molecular complexity index is 1250. The molecule has 0 N–H and O–H groups in total. The molecule has 0 saturated heterocycles. The van der Waals surface area contributed by atoms with Gasteiger partial charge >= 0.3 is 0 Å². The van der Waals surface area contributed by atoms with Crippen LogP contribution in [0.5, 0.6) is 11.5 Å². The third-order valence-corrected chi connectivity index (χ3v) is 6.27. The van der Waals surface area contributed by atoms with E-state index in [0.717, 1.165) is 22.7 Å². The van der Waals surface area contributed by atoms with E-state index in [9.17, 15) is 4.79 Å². The molecule has 9 heteroatoms. The molecule has 1 amide bonds. The highest BCUT2D eigenvalue weighted by atomic mass is 32.2. The van der Waals surface area contributed by atoms with Crippen molar-refractivity contribution in [3.63, 3.8) is 0 Å². The largest absolute Gasteiger partial charge is 0.497 e. The van der Waals surface area contributed by atoms with E-state index in [1.807, 2.05) is 83.8 Å². The molecule has 1 atom stereocenters. The summed E-state index contributed by atoms with van der Waals surface area (Å²) in [5.74, 6) is 1.57. The minimum Gasteiger partial charge on any atom is -0.497 e. The molecule has 1 aromatic heterocycles. The van der Waals surface area contributed by atoms with E-state index in [2.05, 4.69) is 15.5 Å². The number of amides is 1. The second-order valence-corrected chi connectivity index (χ2v) is 8.27. The number of hydrogen-bond acceptors (Lipinski definition) is 7. The predicted molar refractivity (Wildman–Crippen MR) is 125 cm³/mol. The number of nitrogens with zero attached hydrogens (tertiary/aromatic N) is 5. The van der Waals surface area contributed by atoms with Crippen molar-refractivity contribution in [1.29, 1.82) is 0 Å². The van der Waals surface area contributed by atoms with Gasteiger partial charge in [0.05, 0.1) is 30.3 Å². The maximum absolute atomic E-state index is 13.5. The first-order chi connectivity index (χ1) is 16.2. The molecule has 2 heterocycles. The molecule has 1 aliphatic rings. The van der Waals surface area contributed by atoms with Crippen molar-refractivity contribution in [3.05, 3.63) is 84.4 Å².